The first-order chi connectivity index (χ1) is 13.6. The Morgan fingerprint density at radius 1 is 1.36 bits per heavy atom. The number of carbonyl (C=O) groups is 1. The maximum atomic E-state index is 13.0. The van der Waals surface area contributed by atoms with Crippen LogP contribution in [0.4, 0.5) is 0 Å². The Labute approximate surface area is 166 Å². The van der Waals surface area contributed by atoms with Crippen LogP contribution in [0.2, 0.25) is 0 Å². The largest absolute Gasteiger partial charge is 0.497 e. The highest BCUT2D eigenvalue weighted by Crippen LogP contribution is 2.21. The molecule has 0 radical (unpaired) electrons. The van der Waals surface area contributed by atoms with Gasteiger partial charge >= 0.3 is 0 Å². The summed E-state index contributed by atoms with van der Waals surface area (Å²) in [7, 11) is 1.61. The molecule has 1 aromatic carbocycles. The van der Waals surface area contributed by atoms with Crippen molar-refractivity contribution in [2.24, 2.45) is 0 Å². The number of pyridine rings is 1. The molecule has 1 N–H and O–H groups in total. The second-order valence-corrected chi connectivity index (χ2v) is 7.82. The van der Waals surface area contributed by atoms with Crippen LogP contribution in [0.3, 0.4) is 0 Å². The maximum Gasteiger partial charge on any atom is 0.264 e. The van der Waals surface area contributed by atoms with E-state index in [-0.39, 0.29) is 24.1 Å². The molecule has 4 rings (SSSR count). The molecule has 0 unspecified atom stereocenters. The number of thiophene rings is 1. The Kier molecular flexibility index (Phi) is 5.45. The van der Waals surface area contributed by atoms with Crippen molar-refractivity contribution in [1.29, 1.82) is 0 Å². The average molecular weight is 398 g/mol. The number of benzene rings is 1. The summed E-state index contributed by atoms with van der Waals surface area (Å²) in [6.45, 7) is 1.44. The molecule has 1 aliphatic rings. The topological polar surface area (TPSA) is 71.6 Å². The van der Waals surface area contributed by atoms with E-state index >= 15 is 0 Å². The molecule has 3 heterocycles. The van der Waals surface area contributed by atoms with Crippen LogP contribution in [-0.2, 0) is 11.3 Å². The second-order valence-electron chi connectivity index (χ2n) is 6.87. The van der Waals surface area contributed by atoms with Crippen molar-refractivity contribution >= 4 is 28.1 Å². The van der Waals surface area contributed by atoms with Gasteiger partial charge in [0, 0.05) is 29.6 Å². The fourth-order valence-corrected chi connectivity index (χ4v) is 4.18. The van der Waals surface area contributed by atoms with Crippen LogP contribution in [0.25, 0.3) is 10.9 Å². The average Bonchev–Trinajstić information content (AvgIpc) is 3.41. The number of hydrogen-bond donors (Lipinski definition) is 1. The Morgan fingerprint density at radius 2 is 2.25 bits per heavy atom. The Balaban J connectivity index is 1.65. The molecule has 3 aromatic rings. The van der Waals surface area contributed by atoms with Gasteiger partial charge in [0.05, 0.1) is 24.6 Å². The van der Waals surface area contributed by atoms with E-state index in [2.05, 4.69) is 4.98 Å². The summed E-state index contributed by atoms with van der Waals surface area (Å²) in [5.41, 5.74) is 1.10. The van der Waals surface area contributed by atoms with E-state index in [1.807, 2.05) is 41.8 Å². The number of carbonyl (C=O) groups excluding carboxylic acids is 1. The first kappa shape index (κ1) is 18.7. The number of H-pyrrole nitrogens is 1. The van der Waals surface area contributed by atoms with E-state index < -0.39 is 0 Å². The van der Waals surface area contributed by atoms with Crippen LogP contribution in [0, 0.1) is 0 Å². The number of ether oxygens (including phenoxy) is 2. The standard InChI is InChI=1S/C21H22N2O4S/c1-26-16-6-7-18-14(11-16)10-15(20(24)22-18)12-23(13-17-4-2-8-27-17)21(25)19-5-3-9-28-19/h3,5-7,9-11,17H,2,4,8,12-13H2,1H3,(H,22,24)/t17-/m1/s1. The van der Waals surface area contributed by atoms with E-state index in [1.54, 1.807) is 12.0 Å². The van der Waals surface area contributed by atoms with Gasteiger partial charge in [-0.05, 0) is 48.6 Å². The molecule has 0 aliphatic carbocycles. The van der Waals surface area contributed by atoms with Crippen molar-refractivity contribution in [2.75, 3.05) is 20.3 Å². The summed E-state index contributed by atoms with van der Waals surface area (Å²) in [4.78, 5) is 30.9. The van der Waals surface area contributed by atoms with Crippen molar-refractivity contribution in [1.82, 2.24) is 9.88 Å². The number of amides is 1. The van der Waals surface area contributed by atoms with Crippen LogP contribution in [0.5, 0.6) is 5.75 Å². The molecule has 1 fully saturated rings. The minimum atomic E-state index is -0.186. The Bertz CT molecular complexity index is 1020. The van der Waals surface area contributed by atoms with Gasteiger partial charge in [-0.1, -0.05) is 6.07 Å². The van der Waals surface area contributed by atoms with Gasteiger partial charge in [-0.25, -0.2) is 0 Å². The molecular formula is C21H22N2O4S. The fraction of sp³-hybridized carbons (Fsp3) is 0.333. The molecule has 2 aromatic heterocycles. The summed E-state index contributed by atoms with van der Waals surface area (Å²) in [6.07, 6.45) is 1.95. The highest BCUT2D eigenvalue weighted by molar-refractivity contribution is 7.12. The summed E-state index contributed by atoms with van der Waals surface area (Å²) < 4.78 is 11.0. The van der Waals surface area contributed by atoms with Gasteiger partial charge in [0.15, 0.2) is 0 Å². The zero-order valence-corrected chi connectivity index (χ0v) is 16.5. The van der Waals surface area contributed by atoms with Gasteiger partial charge < -0.3 is 19.4 Å². The van der Waals surface area contributed by atoms with E-state index in [1.165, 1.54) is 11.3 Å². The number of hydrogen-bond acceptors (Lipinski definition) is 5. The summed E-state index contributed by atoms with van der Waals surface area (Å²) in [6, 6.07) is 11.0. The van der Waals surface area contributed by atoms with Crippen molar-refractivity contribution in [3.63, 3.8) is 0 Å². The van der Waals surface area contributed by atoms with Crippen LogP contribution in [-0.4, -0.2) is 42.2 Å². The third-order valence-corrected chi connectivity index (χ3v) is 5.81. The maximum absolute atomic E-state index is 13.0. The van der Waals surface area contributed by atoms with E-state index in [0.29, 0.717) is 17.0 Å². The predicted octanol–water partition coefficient (Wildman–Crippen LogP) is 3.42. The SMILES string of the molecule is COc1ccc2[nH]c(=O)c(CN(C[C@H]3CCCO3)C(=O)c3cccs3)cc2c1. The van der Waals surface area contributed by atoms with Crippen LogP contribution in [0.1, 0.15) is 28.1 Å². The first-order valence-electron chi connectivity index (χ1n) is 9.28. The third-order valence-electron chi connectivity index (χ3n) is 4.96. The molecule has 1 aliphatic heterocycles. The van der Waals surface area contributed by atoms with E-state index in [0.717, 1.165) is 36.1 Å². The van der Waals surface area contributed by atoms with Gasteiger partial charge in [-0.15, -0.1) is 11.3 Å². The fourth-order valence-electron chi connectivity index (χ4n) is 3.49. The molecular weight excluding hydrogens is 376 g/mol. The smallest absolute Gasteiger partial charge is 0.264 e. The number of fused-ring (bicyclic) bond motifs is 1. The van der Waals surface area contributed by atoms with Crippen molar-refractivity contribution < 1.29 is 14.3 Å². The molecule has 28 heavy (non-hydrogen) atoms. The normalized spacial score (nSPS) is 16.4. The number of rotatable bonds is 6. The highest BCUT2D eigenvalue weighted by atomic mass is 32.1. The Morgan fingerprint density at radius 3 is 2.96 bits per heavy atom. The minimum absolute atomic E-state index is 0.0172. The molecule has 6 nitrogen and oxygen atoms in total. The van der Waals surface area contributed by atoms with Gasteiger partial charge in [0.25, 0.3) is 11.5 Å². The quantitative estimate of drug-likeness (QED) is 0.691. The zero-order chi connectivity index (χ0) is 19.5. The van der Waals surface area contributed by atoms with Gasteiger partial charge in [-0.3, -0.25) is 9.59 Å². The number of aromatic nitrogens is 1. The molecule has 1 amide bonds. The van der Waals surface area contributed by atoms with Crippen molar-refractivity contribution in [3.8, 4) is 5.75 Å². The molecule has 0 bridgehead atoms. The van der Waals surface area contributed by atoms with Crippen LogP contribution < -0.4 is 10.3 Å². The molecule has 1 atom stereocenters. The van der Waals surface area contributed by atoms with Crippen molar-refractivity contribution in [3.05, 3.63) is 62.6 Å². The van der Waals surface area contributed by atoms with Gasteiger partial charge in [-0.2, -0.15) is 0 Å². The molecule has 0 saturated carbocycles. The first-order valence-corrected chi connectivity index (χ1v) is 10.2. The molecule has 0 spiro atoms. The highest BCUT2D eigenvalue weighted by Gasteiger charge is 2.25. The van der Waals surface area contributed by atoms with E-state index in [9.17, 15) is 9.59 Å². The Hall–Kier alpha value is -2.64. The summed E-state index contributed by atoms with van der Waals surface area (Å²) in [5.74, 6) is 0.645. The lowest BCUT2D eigenvalue weighted by atomic mass is 10.1. The summed E-state index contributed by atoms with van der Waals surface area (Å²) >= 11 is 1.41. The predicted molar refractivity (Wildman–Crippen MR) is 109 cm³/mol. The second kappa shape index (κ2) is 8.16. The van der Waals surface area contributed by atoms with Crippen LogP contribution >= 0.6 is 11.3 Å². The summed E-state index contributed by atoms with van der Waals surface area (Å²) in [5, 5.41) is 2.75. The minimum Gasteiger partial charge on any atom is -0.497 e. The van der Waals surface area contributed by atoms with Crippen molar-refractivity contribution in [2.45, 2.75) is 25.5 Å². The van der Waals surface area contributed by atoms with Crippen LogP contribution in [0.15, 0.2) is 46.6 Å². The van der Waals surface area contributed by atoms with E-state index in [4.69, 9.17) is 9.47 Å². The number of aromatic amines is 1. The zero-order valence-electron chi connectivity index (χ0n) is 15.6. The molecule has 7 heteroatoms. The number of nitrogens with one attached hydrogen (secondary N) is 1. The lowest BCUT2D eigenvalue weighted by Crippen LogP contribution is -2.38. The third kappa shape index (κ3) is 3.95. The van der Waals surface area contributed by atoms with Gasteiger partial charge in [0.2, 0.25) is 0 Å². The molecule has 1 saturated heterocycles. The number of methoxy groups -OCH3 is 1. The lowest BCUT2D eigenvalue weighted by Gasteiger charge is -2.25. The van der Waals surface area contributed by atoms with Gasteiger partial charge in [0.1, 0.15) is 5.75 Å². The number of nitrogens with zero attached hydrogens (tertiary/aromatic N) is 1. The lowest BCUT2D eigenvalue weighted by molar-refractivity contribution is 0.0510. The monoisotopic (exact) mass is 398 g/mol. The molecule has 146 valence electrons.